The highest BCUT2D eigenvalue weighted by Crippen LogP contribution is 2.24. The van der Waals surface area contributed by atoms with Crippen molar-refractivity contribution in [3.05, 3.63) is 72.1 Å². The number of nitrogens with two attached hydrogens (primary N) is 3. The first-order valence-electron chi connectivity index (χ1n) is 15.5. The fraction of sp³-hybridized carbons (Fsp3) is 0.424. The molecule has 0 aliphatic carbocycles. The monoisotopic (exact) mass is 616 g/mol. The second-order valence-corrected chi connectivity index (χ2v) is 11.9. The van der Waals surface area contributed by atoms with Gasteiger partial charge in [0.1, 0.15) is 0 Å². The first-order valence-corrected chi connectivity index (χ1v) is 15.5. The summed E-state index contributed by atoms with van der Waals surface area (Å²) < 4.78 is 3.35. The minimum absolute atomic E-state index is 0.0989. The molecule has 0 bridgehead atoms. The van der Waals surface area contributed by atoms with Crippen LogP contribution in [0.15, 0.2) is 60.9 Å². The molecule has 0 saturated heterocycles. The number of rotatable bonds is 16. The molecule has 242 valence electrons. The van der Waals surface area contributed by atoms with Crippen molar-refractivity contribution in [2.24, 2.45) is 17.2 Å². The van der Waals surface area contributed by atoms with Crippen LogP contribution in [-0.4, -0.2) is 103 Å². The number of para-hydroxylation sites is 2. The first-order chi connectivity index (χ1) is 21.6. The molecule has 4 aromatic rings. The molecule has 0 fully saturated rings. The van der Waals surface area contributed by atoms with Gasteiger partial charge in [-0.25, -0.2) is 0 Å². The van der Waals surface area contributed by atoms with Gasteiger partial charge < -0.3 is 32.7 Å². The van der Waals surface area contributed by atoms with Gasteiger partial charge in [0.2, 0.25) is 11.8 Å². The van der Waals surface area contributed by atoms with E-state index in [0.717, 1.165) is 58.9 Å². The maximum absolute atomic E-state index is 13.3. The van der Waals surface area contributed by atoms with Crippen molar-refractivity contribution < 1.29 is 9.59 Å². The van der Waals surface area contributed by atoms with Gasteiger partial charge in [-0.1, -0.05) is 36.4 Å². The number of carbonyl (C=O) groups excluding carboxylic acids is 2. The summed E-state index contributed by atoms with van der Waals surface area (Å²) in [7, 11) is 6.12. The highest BCUT2D eigenvalue weighted by Gasteiger charge is 2.21. The van der Waals surface area contributed by atoms with Gasteiger partial charge in [0.25, 0.3) is 0 Å². The topological polar surface area (TPSA) is 176 Å². The van der Waals surface area contributed by atoms with Gasteiger partial charge >= 0.3 is 0 Å². The number of nitrogens with zero attached hydrogens (tertiary/aromatic N) is 4. The molecule has 0 spiro atoms. The smallest absolute Gasteiger partial charge is 0.248 e. The molecule has 0 aliphatic heterocycles. The third-order valence-corrected chi connectivity index (χ3v) is 8.07. The summed E-state index contributed by atoms with van der Waals surface area (Å²) in [6.45, 7) is 3.26. The van der Waals surface area contributed by atoms with Gasteiger partial charge in [-0.3, -0.25) is 29.0 Å². The number of fused-ring (bicyclic) bond motifs is 2. The van der Waals surface area contributed by atoms with Gasteiger partial charge in [-0.2, -0.15) is 0 Å². The quantitative estimate of drug-likeness (QED) is 0.0473. The van der Waals surface area contributed by atoms with Gasteiger partial charge in [0, 0.05) is 49.5 Å². The van der Waals surface area contributed by atoms with E-state index in [1.54, 1.807) is 9.13 Å². The van der Waals surface area contributed by atoms with Crippen molar-refractivity contribution in [3.8, 4) is 0 Å². The van der Waals surface area contributed by atoms with Gasteiger partial charge in [0.15, 0.2) is 5.96 Å². The molecule has 0 radical (unpaired) electrons. The van der Waals surface area contributed by atoms with Crippen molar-refractivity contribution in [3.63, 3.8) is 0 Å². The average Bonchev–Trinajstić information content (AvgIpc) is 3.58. The van der Waals surface area contributed by atoms with Crippen LogP contribution in [0.2, 0.25) is 0 Å². The minimum atomic E-state index is -0.716. The summed E-state index contributed by atoms with van der Waals surface area (Å²) >= 11 is 0. The summed E-state index contributed by atoms with van der Waals surface area (Å²) in [6, 6.07) is 14.5. The zero-order valence-corrected chi connectivity index (χ0v) is 26.6. The van der Waals surface area contributed by atoms with E-state index in [4.69, 9.17) is 22.6 Å². The Bertz CT molecular complexity index is 1610. The Morgan fingerprint density at radius 3 is 1.80 bits per heavy atom. The zero-order chi connectivity index (χ0) is 32.5. The number of aromatic nitrogens is 2. The maximum atomic E-state index is 13.3. The molecule has 9 N–H and O–H groups in total. The lowest BCUT2D eigenvalue weighted by molar-refractivity contribution is 0.0873. The molecule has 45 heavy (non-hydrogen) atoms. The molecular formula is C33H48N10O2. The van der Waals surface area contributed by atoms with Crippen LogP contribution in [0.25, 0.3) is 21.8 Å². The molecule has 12 heteroatoms. The Kier molecular flexibility index (Phi) is 11.9. The van der Waals surface area contributed by atoms with Crippen LogP contribution < -0.4 is 27.8 Å². The van der Waals surface area contributed by atoms with E-state index in [1.807, 2.05) is 76.0 Å². The van der Waals surface area contributed by atoms with Crippen molar-refractivity contribution in [2.45, 2.75) is 37.8 Å². The lowest BCUT2D eigenvalue weighted by Crippen LogP contribution is -2.39. The normalized spacial score (nSPS) is 13.1. The molecule has 2 heterocycles. The Morgan fingerprint density at radius 1 is 0.800 bits per heavy atom. The molecule has 4 rings (SSSR count). The SMILES string of the molecule is CN(C)CCc1cn(C(=O)C(N)CCNCN(C)CCc2cn(C(=O)C(N)CCNC(=N)N)c3ccccc23)c2ccccc12. The van der Waals surface area contributed by atoms with Crippen molar-refractivity contribution in [1.82, 2.24) is 29.6 Å². The van der Waals surface area contributed by atoms with E-state index in [1.165, 1.54) is 0 Å². The Labute approximate surface area is 265 Å². The second kappa shape index (κ2) is 15.8. The molecule has 2 unspecified atom stereocenters. The van der Waals surface area contributed by atoms with E-state index in [9.17, 15) is 9.59 Å². The third kappa shape index (κ3) is 8.77. The lowest BCUT2D eigenvalue weighted by atomic mass is 10.1. The molecule has 2 aromatic carbocycles. The van der Waals surface area contributed by atoms with Crippen LogP contribution in [0.1, 0.15) is 33.6 Å². The van der Waals surface area contributed by atoms with E-state index in [2.05, 4.69) is 26.5 Å². The third-order valence-electron chi connectivity index (χ3n) is 8.07. The Morgan fingerprint density at radius 2 is 1.29 bits per heavy atom. The fourth-order valence-corrected chi connectivity index (χ4v) is 5.49. The molecule has 12 nitrogen and oxygen atoms in total. The highest BCUT2D eigenvalue weighted by atomic mass is 16.2. The Balaban J connectivity index is 1.27. The zero-order valence-electron chi connectivity index (χ0n) is 26.6. The number of likely N-dealkylation sites (N-methyl/N-ethyl adjacent to an activating group) is 2. The number of carbonyl (C=O) groups is 2. The van der Waals surface area contributed by atoms with Gasteiger partial charge in [-0.15, -0.1) is 0 Å². The second-order valence-electron chi connectivity index (χ2n) is 11.9. The number of benzene rings is 2. The predicted octanol–water partition coefficient (Wildman–Crippen LogP) is 1.62. The molecule has 2 aromatic heterocycles. The van der Waals surface area contributed by atoms with Crippen LogP contribution >= 0.6 is 0 Å². The standard InChI is InChI=1S/C33H48N10O2/c1-40(2)18-14-23-20-42(29-10-6-4-8-25(23)29)31(44)27(34)12-16-38-22-41(3)19-15-24-21-43(30-11-7-5-9-26(24)30)32(45)28(35)13-17-39-33(36)37/h4-11,20-21,27-28,38H,12-19,22,34-35H2,1-3H3,(H4,36,37,39). The van der Waals surface area contributed by atoms with Crippen LogP contribution in [0.5, 0.6) is 0 Å². The van der Waals surface area contributed by atoms with Crippen LogP contribution in [0.3, 0.4) is 0 Å². The molecular weight excluding hydrogens is 568 g/mol. The summed E-state index contributed by atoms with van der Waals surface area (Å²) in [6.07, 6.45) is 6.32. The molecule has 0 aliphatic rings. The van der Waals surface area contributed by atoms with Crippen molar-refractivity contribution >= 4 is 39.6 Å². The van der Waals surface area contributed by atoms with Crippen LogP contribution in [0.4, 0.5) is 0 Å². The number of nitrogens with one attached hydrogen (secondary N) is 3. The number of guanidine groups is 1. The summed E-state index contributed by atoms with van der Waals surface area (Å²) in [5.74, 6) is -0.437. The molecule has 0 amide bonds. The van der Waals surface area contributed by atoms with E-state index >= 15 is 0 Å². The lowest BCUT2D eigenvalue weighted by Gasteiger charge is -2.18. The maximum Gasteiger partial charge on any atom is 0.248 e. The summed E-state index contributed by atoms with van der Waals surface area (Å²) in [5, 5.41) is 15.5. The van der Waals surface area contributed by atoms with E-state index < -0.39 is 12.1 Å². The van der Waals surface area contributed by atoms with Crippen molar-refractivity contribution in [2.75, 3.05) is 54.0 Å². The van der Waals surface area contributed by atoms with Gasteiger partial charge in [0.05, 0.1) is 23.1 Å². The van der Waals surface area contributed by atoms with E-state index in [0.29, 0.717) is 32.6 Å². The average molecular weight is 617 g/mol. The first kappa shape index (κ1) is 33.8. The van der Waals surface area contributed by atoms with Gasteiger partial charge in [-0.05, 0) is 76.6 Å². The largest absolute Gasteiger partial charge is 0.370 e. The van der Waals surface area contributed by atoms with E-state index in [-0.39, 0.29) is 17.8 Å². The van der Waals surface area contributed by atoms with Crippen LogP contribution in [-0.2, 0) is 12.8 Å². The Hall–Kier alpha value is -4.07. The molecule has 0 saturated carbocycles. The summed E-state index contributed by atoms with van der Waals surface area (Å²) in [4.78, 5) is 30.8. The highest BCUT2D eigenvalue weighted by molar-refractivity contribution is 5.97. The fourth-order valence-electron chi connectivity index (χ4n) is 5.49. The van der Waals surface area contributed by atoms with Crippen molar-refractivity contribution in [1.29, 1.82) is 5.41 Å². The minimum Gasteiger partial charge on any atom is -0.370 e. The number of hydrogen-bond donors (Lipinski definition) is 6. The summed E-state index contributed by atoms with van der Waals surface area (Å²) in [5.41, 5.74) is 21.8. The van der Waals surface area contributed by atoms with Crippen LogP contribution in [0, 0.1) is 5.41 Å². The molecule has 2 atom stereocenters. The number of hydrogen-bond acceptors (Lipinski definition) is 8. The predicted molar refractivity (Wildman–Crippen MR) is 182 cm³/mol.